The Morgan fingerprint density at radius 3 is 2.52 bits per heavy atom. The average Bonchev–Trinajstić information content (AvgIpc) is 2.78. The van der Waals surface area contributed by atoms with E-state index in [9.17, 15) is 9.59 Å². The number of aryl methyl sites for hydroxylation is 1. The van der Waals surface area contributed by atoms with Crippen LogP contribution in [0.2, 0.25) is 0 Å². The highest BCUT2D eigenvalue weighted by Gasteiger charge is 2.33. The molecule has 2 amide bonds. The molecule has 5 nitrogen and oxygen atoms in total. The lowest BCUT2D eigenvalue weighted by atomic mass is 9.95. The van der Waals surface area contributed by atoms with Crippen molar-refractivity contribution < 1.29 is 14.3 Å². The molecule has 0 bridgehead atoms. The number of likely N-dealkylation sites (tertiary alicyclic amines) is 1. The van der Waals surface area contributed by atoms with Gasteiger partial charge in [-0.25, -0.2) is 0 Å². The van der Waals surface area contributed by atoms with Gasteiger partial charge in [0.1, 0.15) is 12.4 Å². The summed E-state index contributed by atoms with van der Waals surface area (Å²) in [4.78, 5) is 29.4. The van der Waals surface area contributed by atoms with Crippen molar-refractivity contribution in [2.75, 3.05) is 24.6 Å². The zero-order valence-electron chi connectivity index (χ0n) is 16.5. The Morgan fingerprint density at radius 1 is 1.07 bits per heavy atom. The first-order valence-electron chi connectivity index (χ1n) is 10.2. The Labute approximate surface area is 171 Å². The van der Waals surface area contributed by atoms with Gasteiger partial charge in [0.15, 0.2) is 0 Å². The van der Waals surface area contributed by atoms with Crippen LogP contribution in [0.25, 0.3) is 0 Å². The number of fused-ring (bicyclic) bond motifs is 1. The van der Waals surface area contributed by atoms with Crippen molar-refractivity contribution in [1.29, 1.82) is 0 Å². The van der Waals surface area contributed by atoms with Crippen molar-refractivity contribution in [2.24, 2.45) is 0 Å². The van der Waals surface area contributed by atoms with Crippen LogP contribution in [0.15, 0.2) is 61.2 Å². The fourth-order valence-electron chi connectivity index (χ4n) is 4.21. The molecule has 2 aliphatic heterocycles. The fourth-order valence-corrected chi connectivity index (χ4v) is 4.21. The maximum Gasteiger partial charge on any atom is 0.253 e. The van der Waals surface area contributed by atoms with E-state index < -0.39 is 0 Å². The number of amides is 2. The summed E-state index contributed by atoms with van der Waals surface area (Å²) < 4.78 is 5.47. The summed E-state index contributed by atoms with van der Waals surface area (Å²) in [7, 11) is 0. The normalized spacial score (nSPS) is 17.0. The van der Waals surface area contributed by atoms with Gasteiger partial charge in [0.2, 0.25) is 5.91 Å². The molecule has 0 atom stereocenters. The fraction of sp³-hybridized carbons (Fsp3) is 0.333. The van der Waals surface area contributed by atoms with E-state index in [4.69, 9.17) is 4.74 Å². The predicted octanol–water partition coefficient (Wildman–Crippen LogP) is 3.84. The van der Waals surface area contributed by atoms with Gasteiger partial charge in [-0.15, -0.1) is 0 Å². The molecule has 4 rings (SSSR count). The summed E-state index contributed by atoms with van der Waals surface area (Å²) in [5, 5.41) is 0. The van der Waals surface area contributed by atoms with Crippen LogP contribution in [0.4, 0.5) is 5.69 Å². The van der Waals surface area contributed by atoms with Gasteiger partial charge in [0.05, 0.1) is 0 Å². The molecule has 1 saturated heterocycles. The van der Waals surface area contributed by atoms with E-state index in [1.807, 2.05) is 40.1 Å². The summed E-state index contributed by atoms with van der Waals surface area (Å²) in [6.45, 7) is 5.39. The largest absolute Gasteiger partial charge is 0.490 e. The zero-order valence-corrected chi connectivity index (χ0v) is 16.5. The minimum atomic E-state index is 0.0316. The second kappa shape index (κ2) is 8.52. The van der Waals surface area contributed by atoms with Crippen molar-refractivity contribution in [3.05, 3.63) is 72.3 Å². The number of carbonyl (C=O) groups excluding carboxylic acids is 2. The third kappa shape index (κ3) is 4.04. The highest BCUT2D eigenvalue weighted by atomic mass is 16.5. The van der Waals surface area contributed by atoms with E-state index in [2.05, 4.69) is 12.6 Å². The monoisotopic (exact) mass is 390 g/mol. The number of rotatable bonds is 5. The summed E-state index contributed by atoms with van der Waals surface area (Å²) in [5.41, 5.74) is 2.95. The molecule has 2 heterocycles. The van der Waals surface area contributed by atoms with Crippen molar-refractivity contribution in [3.8, 4) is 5.75 Å². The molecule has 0 radical (unpaired) electrons. The second-order valence-corrected chi connectivity index (χ2v) is 7.54. The van der Waals surface area contributed by atoms with E-state index in [1.54, 1.807) is 18.2 Å². The standard InChI is InChI=1S/C24H26N2O3/c1-2-17-29-21-10-7-19(8-11-21)24(28)25-15-13-20(14-16-25)26-22-6-4-3-5-18(22)9-12-23(26)27/h2-8,10-11,20H,1,9,12-17H2. The molecule has 2 aromatic rings. The maximum absolute atomic E-state index is 12.9. The molecular weight excluding hydrogens is 364 g/mol. The molecular formula is C24H26N2O3. The number of hydrogen-bond donors (Lipinski definition) is 0. The summed E-state index contributed by atoms with van der Waals surface area (Å²) >= 11 is 0. The molecule has 2 aromatic carbocycles. The first kappa shape index (κ1) is 19.2. The molecule has 5 heteroatoms. The molecule has 0 aromatic heterocycles. The maximum atomic E-state index is 12.9. The summed E-state index contributed by atoms with van der Waals surface area (Å²) in [5.74, 6) is 0.954. The molecule has 0 spiro atoms. The van der Waals surface area contributed by atoms with Gasteiger partial charge in [-0.1, -0.05) is 30.9 Å². The highest BCUT2D eigenvalue weighted by Crippen LogP contribution is 2.32. The smallest absolute Gasteiger partial charge is 0.253 e. The lowest BCUT2D eigenvalue weighted by molar-refractivity contribution is -0.119. The van der Waals surface area contributed by atoms with E-state index in [0.717, 1.165) is 30.7 Å². The molecule has 1 fully saturated rings. The molecule has 29 heavy (non-hydrogen) atoms. The number of benzene rings is 2. The van der Waals surface area contributed by atoms with Gasteiger partial charge in [-0.3, -0.25) is 9.59 Å². The third-order valence-corrected chi connectivity index (χ3v) is 5.71. The Hall–Kier alpha value is -3.08. The van der Waals surface area contributed by atoms with Crippen LogP contribution < -0.4 is 9.64 Å². The van der Waals surface area contributed by atoms with Crippen LogP contribution >= 0.6 is 0 Å². The topological polar surface area (TPSA) is 49.9 Å². The highest BCUT2D eigenvalue weighted by molar-refractivity contribution is 5.97. The van der Waals surface area contributed by atoms with Gasteiger partial charge in [0.25, 0.3) is 5.91 Å². The van der Waals surface area contributed by atoms with Crippen LogP contribution in [-0.2, 0) is 11.2 Å². The van der Waals surface area contributed by atoms with Crippen molar-refractivity contribution in [1.82, 2.24) is 4.90 Å². The molecule has 0 saturated carbocycles. The first-order chi connectivity index (χ1) is 14.2. The molecule has 150 valence electrons. The first-order valence-corrected chi connectivity index (χ1v) is 10.2. The number of carbonyl (C=O) groups is 2. The number of piperidine rings is 1. The summed E-state index contributed by atoms with van der Waals surface area (Å²) in [6.07, 6.45) is 4.67. The van der Waals surface area contributed by atoms with Gasteiger partial charge in [0, 0.05) is 36.8 Å². The minimum absolute atomic E-state index is 0.0316. The number of hydrogen-bond acceptors (Lipinski definition) is 3. The second-order valence-electron chi connectivity index (χ2n) is 7.54. The minimum Gasteiger partial charge on any atom is -0.490 e. The number of anilines is 1. The van der Waals surface area contributed by atoms with Crippen LogP contribution in [0.5, 0.6) is 5.75 Å². The van der Waals surface area contributed by atoms with E-state index in [-0.39, 0.29) is 17.9 Å². The van der Waals surface area contributed by atoms with Crippen LogP contribution in [-0.4, -0.2) is 42.5 Å². The SMILES string of the molecule is C=CCOc1ccc(C(=O)N2CCC(N3C(=O)CCc4ccccc43)CC2)cc1. The predicted molar refractivity (Wildman–Crippen MR) is 113 cm³/mol. The van der Waals surface area contributed by atoms with Crippen molar-refractivity contribution >= 4 is 17.5 Å². The Bertz CT molecular complexity index is 899. The molecule has 0 aliphatic carbocycles. The Kier molecular flexibility index (Phi) is 5.65. The van der Waals surface area contributed by atoms with E-state index >= 15 is 0 Å². The van der Waals surface area contributed by atoms with E-state index in [0.29, 0.717) is 31.7 Å². The lowest BCUT2D eigenvalue weighted by Crippen LogP contribution is -2.50. The number of nitrogens with zero attached hydrogens (tertiary/aromatic N) is 2. The van der Waals surface area contributed by atoms with Gasteiger partial charge >= 0.3 is 0 Å². The number of ether oxygens (including phenoxy) is 1. The quantitative estimate of drug-likeness (QED) is 0.729. The van der Waals surface area contributed by atoms with Crippen LogP contribution in [0.3, 0.4) is 0 Å². The summed E-state index contributed by atoms with van der Waals surface area (Å²) in [6, 6.07) is 15.6. The van der Waals surface area contributed by atoms with E-state index in [1.165, 1.54) is 5.56 Å². The van der Waals surface area contributed by atoms with Crippen LogP contribution in [0, 0.1) is 0 Å². The molecule has 2 aliphatic rings. The van der Waals surface area contributed by atoms with Gasteiger partial charge in [-0.2, -0.15) is 0 Å². The third-order valence-electron chi connectivity index (χ3n) is 5.71. The lowest BCUT2D eigenvalue weighted by Gasteiger charge is -2.41. The Morgan fingerprint density at radius 2 is 1.79 bits per heavy atom. The van der Waals surface area contributed by atoms with Crippen molar-refractivity contribution in [3.63, 3.8) is 0 Å². The number of para-hydroxylation sites is 1. The van der Waals surface area contributed by atoms with Gasteiger partial charge in [-0.05, 0) is 55.2 Å². The zero-order chi connectivity index (χ0) is 20.2. The van der Waals surface area contributed by atoms with Crippen LogP contribution in [0.1, 0.15) is 35.2 Å². The average molecular weight is 390 g/mol. The molecule has 0 N–H and O–H groups in total. The molecule has 0 unspecified atom stereocenters. The van der Waals surface area contributed by atoms with Crippen molar-refractivity contribution in [2.45, 2.75) is 31.7 Å². The Balaban J connectivity index is 1.40. The van der Waals surface area contributed by atoms with Gasteiger partial charge < -0.3 is 14.5 Å².